The predicted octanol–water partition coefficient (Wildman–Crippen LogP) is 9.15. The van der Waals surface area contributed by atoms with Gasteiger partial charge >= 0.3 is 0 Å². The highest BCUT2D eigenvalue weighted by atomic mass is 16.5. The van der Waals surface area contributed by atoms with Crippen LogP contribution in [0.4, 0.5) is 0 Å². The third kappa shape index (κ3) is 5.62. The maximum absolute atomic E-state index is 6.91. The van der Waals surface area contributed by atoms with Crippen molar-refractivity contribution in [1.29, 1.82) is 0 Å². The predicted molar refractivity (Wildman–Crippen MR) is 170 cm³/mol. The Hall–Kier alpha value is -4.76. The van der Waals surface area contributed by atoms with E-state index in [-0.39, 0.29) is 0 Å². The second-order valence-corrected chi connectivity index (χ2v) is 10.3. The lowest BCUT2D eigenvalue weighted by Crippen LogP contribution is -2.01. The molecule has 0 fully saturated rings. The standard InChI is InChI=1S/C38H34O3/c1-3-11-29-31(19-17-27-13-7-5-8-14-27)37(25-35-33(29)21-23-39-35)41-38-26-36-34(22-24-40-36)30(12-4-2)32(38)20-18-28-15-9-6-10-16-28/h3-10,13-20,25-26H,1-2,11-12,21-24H2. The van der Waals surface area contributed by atoms with Gasteiger partial charge in [0.15, 0.2) is 0 Å². The van der Waals surface area contributed by atoms with Crippen LogP contribution in [0.5, 0.6) is 23.0 Å². The van der Waals surface area contributed by atoms with Crippen LogP contribution >= 0.6 is 0 Å². The van der Waals surface area contributed by atoms with E-state index in [1.165, 1.54) is 22.3 Å². The molecule has 41 heavy (non-hydrogen) atoms. The fourth-order valence-corrected chi connectivity index (χ4v) is 5.71. The summed E-state index contributed by atoms with van der Waals surface area (Å²) in [6.07, 6.45) is 15.7. The number of ether oxygens (including phenoxy) is 3. The molecule has 0 saturated heterocycles. The van der Waals surface area contributed by atoms with Gasteiger partial charge in [-0.1, -0.05) is 97.1 Å². The third-order valence-corrected chi connectivity index (χ3v) is 7.65. The summed E-state index contributed by atoms with van der Waals surface area (Å²) in [5, 5.41) is 0. The van der Waals surface area contributed by atoms with Gasteiger partial charge in [0.05, 0.1) is 13.2 Å². The maximum atomic E-state index is 6.91. The Morgan fingerprint density at radius 3 is 1.46 bits per heavy atom. The van der Waals surface area contributed by atoms with Gasteiger partial charge in [-0.05, 0) is 35.1 Å². The van der Waals surface area contributed by atoms with E-state index in [9.17, 15) is 0 Å². The topological polar surface area (TPSA) is 27.7 Å². The molecule has 0 amide bonds. The van der Waals surface area contributed by atoms with Crippen LogP contribution in [0.25, 0.3) is 24.3 Å². The first-order valence-electron chi connectivity index (χ1n) is 14.2. The van der Waals surface area contributed by atoms with Crippen LogP contribution < -0.4 is 14.2 Å². The first-order chi connectivity index (χ1) is 20.2. The first-order valence-corrected chi connectivity index (χ1v) is 14.2. The Morgan fingerprint density at radius 2 is 1.05 bits per heavy atom. The largest absolute Gasteiger partial charge is 0.493 e. The summed E-state index contributed by atoms with van der Waals surface area (Å²) in [6.45, 7) is 9.45. The molecule has 0 unspecified atom stereocenters. The van der Waals surface area contributed by atoms with Crippen LogP contribution in [-0.4, -0.2) is 13.2 Å². The molecule has 3 nitrogen and oxygen atoms in total. The van der Waals surface area contributed by atoms with Gasteiger partial charge in [-0.3, -0.25) is 0 Å². The Morgan fingerprint density at radius 1 is 0.610 bits per heavy atom. The highest BCUT2D eigenvalue weighted by molar-refractivity contribution is 5.80. The van der Waals surface area contributed by atoms with E-state index in [2.05, 4.69) is 86.0 Å². The monoisotopic (exact) mass is 538 g/mol. The molecule has 2 aliphatic heterocycles. The van der Waals surface area contributed by atoms with Gasteiger partial charge in [-0.25, -0.2) is 0 Å². The van der Waals surface area contributed by atoms with Crippen molar-refractivity contribution < 1.29 is 14.2 Å². The van der Waals surface area contributed by atoms with Crippen molar-refractivity contribution in [3.8, 4) is 23.0 Å². The molecule has 2 aliphatic rings. The lowest BCUT2D eigenvalue weighted by Gasteiger charge is -2.20. The quantitative estimate of drug-likeness (QED) is 0.149. The van der Waals surface area contributed by atoms with Gasteiger partial charge < -0.3 is 14.2 Å². The summed E-state index contributed by atoms with van der Waals surface area (Å²) >= 11 is 0. The van der Waals surface area contributed by atoms with Crippen LogP contribution in [0.1, 0.15) is 44.5 Å². The van der Waals surface area contributed by atoms with Crippen molar-refractivity contribution in [2.75, 3.05) is 13.2 Å². The Bertz CT molecular complexity index is 1510. The van der Waals surface area contributed by atoms with E-state index in [4.69, 9.17) is 14.2 Å². The van der Waals surface area contributed by atoms with Gasteiger partial charge in [0.2, 0.25) is 0 Å². The zero-order valence-corrected chi connectivity index (χ0v) is 23.3. The molecule has 0 saturated carbocycles. The van der Waals surface area contributed by atoms with E-state index < -0.39 is 0 Å². The van der Waals surface area contributed by atoms with E-state index in [0.29, 0.717) is 13.2 Å². The molecular formula is C38H34O3. The molecule has 0 radical (unpaired) electrons. The number of benzene rings is 4. The Kier molecular flexibility index (Phi) is 7.86. The van der Waals surface area contributed by atoms with Gasteiger partial charge in [0.1, 0.15) is 23.0 Å². The number of allylic oxidation sites excluding steroid dienone is 2. The molecule has 4 aromatic carbocycles. The third-order valence-electron chi connectivity index (χ3n) is 7.65. The van der Waals surface area contributed by atoms with Crippen molar-refractivity contribution in [3.05, 3.63) is 143 Å². The SMILES string of the molecule is C=CCc1c(C=Cc2ccccc2)c(Oc2cc3c(c(CC=C)c2C=Cc2ccccc2)CCO3)cc2c1CCO2. The number of rotatable bonds is 10. The molecule has 0 bridgehead atoms. The molecule has 0 aromatic heterocycles. The summed E-state index contributed by atoms with van der Waals surface area (Å²) in [4.78, 5) is 0. The number of hydrogen-bond donors (Lipinski definition) is 0. The molecule has 0 N–H and O–H groups in total. The molecule has 0 aliphatic carbocycles. The van der Waals surface area contributed by atoms with Gasteiger partial charge in [0.25, 0.3) is 0 Å². The fourth-order valence-electron chi connectivity index (χ4n) is 5.71. The number of hydrogen-bond acceptors (Lipinski definition) is 3. The van der Waals surface area contributed by atoms with E-state index in [0.717, 1.165) is 70.9 Å². The highest BCUT2D eigenvalue weighted by Crippen LogP contribution is 2.44. The fraction of sp³-hybridized carbons (Fsp3) is 0.158. The van der Waals surface area contributed by atoms with Crippen LogP contribution in [-0.2, 0) is 25.7 Å². The molecule has 2 heterocycles. The van der Waals surface area contributed by atoms with E-state index in [1.807, 2.05) is 36.4 Å². The Balaban J connectivity index is 1.51. The van der Waals surface area contributed by atoms with Crippen molar-refractivity contribution in [2.24, 2.45) is 0 Å². The lowest BCUT2D eigenvalue weighted by atomic mass is 9.93. The van der Waals surface area contributed by atoms with Crippen molar-refractivity contribution >= 4 is 24.3 Å². The van der Waals surface area contributed by atoms with Crippen LogP contribution in [0, 0.1) is 0 Å². The van der Waals surface area contributed by atoms with Crippen molar-refractivity contribution in [3.63, 3.8) is 0 Å². The zero-order valence-electron chi connectivity index (χ0n) is 23.3. The second-order valence-electron chi connectivity index (χ2n) is 10.3. The van der Waals surface area contributed by atoms with Crippen LogP contribution in [0.2, 0.25) is 0 Å². The summed E-state index contributed by atoms with van der Waals surface area (Å²) in [7, 11) is 0. The minimum absolute atomic E-state index is 0.673. The van der Waals surface area contributed by atoms with Crippen LogP contribution in [0.15, 0.2) is 98.1 Å². The Labute approximate surface area is 242 Å². The summed E-state index contributed by atoms with van der Waals surface area (Å²) in [5.41, 5.74) is 9.21. The summed E-state index contributed by atoms with van der Waals surface area (Å²) in [5.74, 6) is 3.29. The van der Waals surface area contributed by atoms with Gasteiger partial charge in [0, 0.05) is 47.2 Å². The average molecular weight is 539 g/mol. The van der Waals surface area contributed by atoms with Gasteiger partial charge in [-0.15, -0.1) is 13.2 Å². The normalized spacial score (nSPS) is 13.6. The molecule has 6 rings (SSSR count). The minimum Gasteiger partial charge on any atom is -0.493 e. The van der Waals surface area contributed by atoms with E-state index >= 15 is 0 Å². The van der Waals surface area contributed by atoms with Crippen molar-refractivity contribution in [2.45, 2.75) is 25.7 Å². The summed E-state index contributed by atoms with van der Waals surface area (Å²) < 4.78 is 19.0. The van der Waals surface area contributed by atoms with Crippen molar-refractivity contribution in [1.82, 2.24) is 0 Å². The smallest absolute Gasteiger partial charge is 0.138 e. The maximum Gasteiger partial charge on any atom is 0.138 e. The molecule has 204 valence electrons. The summed E-state index contributed by atoms with van der Waals surface area (Å²) in [6, 6.07) is 24.8. The second kappa shape index (κ2) is 12.2. The lowest BCUT2D eigenvalue weighted by molar-refractivity contribution is 0.353. The zero-order chi connectivity index (χ0) is 28.0. The molecule has 0 spiro atoms. The average Bonchev–Trinajstić information content (AvgIpc) is 3.67. The van der Waals surface area contributed by atoms with Crippen LogP contribution in [0.3, 0.4) is 0 Å². The highest BCUT2D eigenvalue weighted by Gasteiger charge is 2.25. The molecular weight excluding hydrogens is 504 g/mol. The molecule has 4 aromatic rings. The minimum atomic E-state index is 0.673. The van der Waals surface area contributed by atoms with Gasteiger partial charge in [-0.2, -0.15) is 0 Å². The molecule has 3 heteroatoms. The molecule has 0 atom stereocenters. The first kappa shape index (κ1) is 26.5. The van der Waals surface area contributed by atoms with E-state index in [1.54, 1.807) is 0 Å². The number of fused-ring (bicyclic) bond motifs is 2.